The first-order chi connectivity index (χ1) is 7.09. The molecule has 0 heterocycles. The minimum Gasteiger partial charge on any atom is -0.393 e. The maximum atomic E-state index is 11.5. The van der Waals surface area contributed by atoms with Gasteiger partial charge in [-0.15, -0.1) is 0 Å². The number of nitro benzene ring substituents is 1. The van der Waals surface area contributed by atoms with Gasteiger partial charge in [-0.1, -0.05) is 0 Å². The van der Waals surface area contributed by atoms with Crippen molar-refractivity contribution in [3.05, 3.63) is 33.4 Å². The fourth-order valence-electron chi connectivity index (χ4n) is 1.85. The molecule has 0 atom stereocenters. The Kier molecular flexibility index (Phi) is 2.15. The number of carbonyl (C=O) groups excluding carboxylic acids is 1. The van der Waals surface area contributed by atoms with Crippen LogP contribution in [0.1, 0.15) is 28.8 Å². The van der Waals surface area contributed by atoms with E-state index in [9.17, 15) is 14.9 Å². The Morgan fingerprint density at radius 1 is 1.33 bits per heavy atom. The van der Waals surface area contributed by atoms with Crippen molar-refractivity contribution in [1.82, 2.24) is 0 Å². The number of hydrogen-bond donors (Lipinski definition) is 1. The van der Waals surface area contributed by atoms with Crippen LogP contribution >= 0.6 is 0 Å². The van der Waals surface area contributed by atoms with E-state index in [0.29, 0.717) is 12.0 Å². The van der Waals surface area contributed by atoms with Crippen LogP contribution in [0.5, 0.6) is 0 Å². The highest BCUT2D eigenvalue weighted by Gasteiger charge is 2.22. The monoisotopic (exact) mass is 206 g/mol. The Hall–Kier alpha value is -1.91. The third-order valence-electron chi connectivity index (χ3n) is 2.60. The van der Waals surface area contributed by atoms with Gasteiger partial charge in [0.15, 0.2) is 5.78 Å². The third kappa shape index (κ3) is 1.56. The molecule has 0 aromatic heterocycles. The average Bonchev–Trinajstić information content (AvgIpc) is 2.16. The molecule has 0 spiro atoms. The molecule has 15 heavy (non-hydrogen) atoms. The lowest BCUT2D eigenvalue weighted by molar-refractivity contribution is -0.383. The molecule has 1 aliphatic rings. The van der Waals surface area contributed by atoms with Crippen LogP contribution in [0.15, 0.2) is 12.1 Å². The molecular weight excluding hydrogens is 196 g/mol. The number of aryl methyl sites for hydroxylation is 1. The SMILES string of the molecule is Nc1cc2c(cc1[N+](=O)[O-])C(=O)CCC2. The molecule has 0 saturated heterocycles. The van der Waals surface area contributed by atoms with Gasteiger partial charge in [-0.05, 0) is 24.5 Å². The quantitative estimate of drug-likeness (QED) is 0.430. The number of nitrogens with two attached hydrogens (primary N) is 1. The van der Waals surface area contributed by atoms with E-state index >= 15 is 0 Å². The van der Waals surface area contributed by atoms with E-state index in [2.05, 4.69) is 0 Å². The summed E-state index contributed by atoms with van der Waals surface area (Å²) in [4.78, 5) is 21.6. The lowest BCUT2D eigenvalue weighted by Crippen LogP contribution is -2.12. The number of nitrogen functional groups attached to an aromatic ring is 1. The first-order valence-electron chi connectivity index (χ1n) is 4.69. The topological polar surface area (TPSA) is 86.2 Å². The summed E-state index contributed by atoms with van der Waals surface area (Å²) in [5.74, 6) is -0.0284. The molecule has 5 heteroatoms. The largest absolute Gasteiger partial charge is 0.393 e. The van der Waals surface area contributed by atoms with Gasteiger partial charge in [0.2, 0.25) is 0 Å². The van der Waals surface area contributed by atoms with Crippen molar-refractivity contribution in [1.29, 1.82) is 0 Å². The van der Waals surface area contributed by atoms with Crippen molar-refractivity contribution in [2.75, 3.05) is 5.73 Å². The van der Waals surface area contributed by atoms with Gasteiger partial charge in [0, 0.05) is 18.1 Å². The molecule has 0 saturated carbocycles. The molecular formula is C10H10N2O3. The van der Waals surface area contributed by atoms with E-state index < -0.39 is 4.92 Å². The number of nitro groups is 1. The smallest absolute Gasteiger partial charge is 0.292 e. The lowest BCUT2D eigenvalue weighted by atomic mass is 9.90. The second-order valence-electron chi connectivity index (χ2n) is 3.60. The highest BCUT2D eigenvalue weighted by molar-refractivity contribution is 5.99. The number of anilines is 1. The van der Waals surface area contributed by atoms with Crippen molar-refractivity contribution in [3.63, 3.8) is 0 Å². The second-order valence-corrected chi connectivity index (χ2v) is 3.60. The first-order valence-corrected chi connectivity index (χ1v) is 4.69. The number of rotatable bonds is 1. The molecule has 0 unspecified atom stereocenters. The minimum atomic E-state index is -0.558. The zero-order chi connectivity index (χ0) is 11.0. The third-order valence-corrected chi connectivity index (χ3v) is 2.60. The molecule has 0 bridgehead atoms. The Balaban J connectivity index is 2.60. The summed E-state index contributed by atoms with van der Waals surface area (Å²) in [6, 6.07) is 2.84. The molecule has 1 aromatic rings. The second kappa shape index (κ2) is 3.34. The minimum absolute atomic E-state index is 0.0284. The number of hydrogen-bond acceptors (Lipinski definition) is 4. The van der Waals surface area contributed by atoms with Crippen LogP contribution in [0.2, 0.25) is 0 Å². The Morgan fingerprint density at radius 3 is 2.73 bits per heavy atom. The average molecular weight is 206 g/mol. The first kappa shape index (κ1) is 9.64. The molecule has 0 aliphatic heterocycles. The molecule has 78 valence electrons. The summed E-state index contributed by atoms with van der Waals surface area (Å²) in [5, 5.41) is 10.6. The van der Waals surface area contributed by atoms with Crippen molar-refractivity contribution in [3.8, 4) is 0 Å². The summed E-state index contributed by atoms with van der Waals surface area (Å²) >= 11 is 0. The number of Topliss-reactive ketones (excluding diaryl/α,β-unsaturated/α-hetero) is 1. The molecule has 2 rings (SSSR count). The Morgan fingerprint density at radius 2 is 2.07 bits per heavy atom. The predicted molar refractivity (Wildman–Crippen MR) is 54.8 cm³/mol. The van der Waals surface area contributed by atoms with Crippen LogP contribution in [-0.2, 0) is 6.42 Å². The zero-order valence-electron chi connectivity index (χ0n) is 8.03. The van der Waals surface area contributed by atoms with Gasteiger partial charge in [0.25, 0.3) is 5.69 Å². The highest BCUT2D eigenvalue weighted by atomic mass is 16.6. The van der Waals surface area contributed by atoms with Crippen LogP contribution in [0.25, 0.3) is 0 Å². The van der Waals surface area contributed by atoms with Gasteiger partial charge in [0.1, 0.15) is 5.69 Å². The maximum absolute atomic E-state index is 11.5. The van der Waals surface area contributed by atoms with Gasteiger partial charge in [-0.2, -0.15) is 0 Å². The van der Waals surface area contributed by atoms with E-state index in [1.54, 1.807) is 6.07 Å². The van der Waals surface area contributed by atoms with Crippen LogP contribution in [-0.4, -0.2) is 10.7 Å². The van der Waals surface area contributed by atoms with Gasteiger partial charge in [-0.3, -0.25) is 14.9 Å². The van der Waals surface area contributed by atoms with Crippen molar-refractivity contribution in [2.45, 2.75) is 19.3 Å². The van der Waals surface area contributed by atoms with E-state index in [-0.39, 0.29) is 17.2 Å². The van der Waals surface area contributed by atoms with E-state index in [4.69, 9.17) is 5.73 Å². The van der Waals surface area contributed by atoms with Crippen LogP contribution < -0.4 is 5.73 Å². The van der Waals surface area contributed by atoms with Crippen LogP contribution in [0.4, 0.5) is 11.4 Å². The summed E-state index contributed by atoms with van der Waals surface area (Å²) in [5.41, 5.74) is 6.78. The number of fused-ring (bicyclic) bond motifs is 1. The number of nitrogens with zero attached hydrogens (tertiary/aromatic N) is 1. The van der Waals surface area contributed by atoms with Crippen LogP contribution in [0.3, 0.4) is 0 Å². The number of carbonyl (C=O) groups is 1. The zero-order valence-corrected chi connectivity index (χ0v) is 8.03. The normalized spacial score (nSPS) is 14.8. The maximum Gasteiger partial charge on any atom is 0.292 e. The van der Waals surface area contributed by atoms with E-state index in [1.165, 1.54) is 6.07 Å². The van der Waals surface area contributed by atoms with E-state index in [0.717, 1.165) is 18.4 Å². The van der Waals surface area contributed by atoms with Crippen LogP contribution in [0, 0.1) is 10.1 Å². The summed E-state index contributed by atoms with van der Waals surface area (Å²) in [6.07, 6.45) is 2.03. The predicted octanol–water partition coefficient (Wildman–Crippen LogP) is 1.70. The fourth-order valence-corrected chi connectivity index (χ4v) is 1.85. The molecule has 5 nitrogen and oxygen atoms in total. The van der Waals surface area contributed by atoms with Crippen molar-refractivity contribution >= 4 is 17.2 Å². The molecule has 1 aliphatic carbocycles. The summed E-state index contributed by atoms with van der Waals surface area (Å²) in [7, 11) is 0. The van der Waals surface area contributed by atoms with Gasteiger partial charge >= 0.3 is 0 Å². The molecule has 0 fully saturated rings. The summed E-state index contributed by atoms with van der Waals surface area (Å²) < 4.78 is 0. The van der Waals surface area contributed by atoms with Gasteiger partial charge in [-0.25, -0.2) is 0 Å². The number of ketones is 1. The van der Waals surface area contributed by atoms with Gasteiger partial charge in [0.05, 0.1) is 4.92 Å². The standard InChI is InChI=1S/C10H10N2O3/c11-8-4-6-2-1-3-10(13)7(6)5-9(8)12(14)15/h4-5H,1-3,11H2. The van der Waals surface area contributed by atoms with Crippen molar-refractivity contribution in [2.24, 2.45) is 0 Å². The molecule has 0 radical (unpaired) electrons. The molecule has 1 aromatic carbocycles. The summed E-state index contributed by atoms with van der Waals surface area (Å²) in [6.45, 7) is 0. The van der Waals surface area contributed by atoms with Gasteiger partial charge < -0.3 is 5.73 Å². The molecule has 2 N–H and O–H groups in total. The van der Waals surface area contributed by atoms with E-state index in [1.807, 2.05) is 0 Å². The highest BCUT2D eigenvalue weighted by Crippen LogP contribution is 2.30. The Bertz CT molecular complexity index is 454. The lowest BCUT2D eigenvalue weighted by Gasteiger charge is -2.14. The van der Waals surface area contributed by atoms with Crippen molar-refractivity contribution < 1.29 is 9.72 Å². The fraction of sp³-hybridized carbons (Fsp3) is 0.300. The molecule has 0 amide bonds. The Labute approximate surface area is 86.0 Å². The number of benzene rings is 1.